The molecular formula is C21H21BrF3N7O2S. The van der Waals surface area contributed by atoms with Crippen molar-refractivity contribution in [2.24, 2.45) is 5.73 Å². The largest absolute Gasteiger partial charge is 0.490 e. The molecule has 14 heteroatoms. The molecule has 0 saturated carbocycles. The molecule has 0 aliphatic carbocycles. The lowest BCUT2D eigenvalue weighted by Crippen LogP contribution is -2.27. The van der Waals surface area contributed by atoms with Gasteiger partial charge in [0.15, 0.2) is 5.16 Å². The predicted octanol–water partition coefficient (Wildman–Crippen LogP) is 4.48. The van der Waals surface area contributed by atoms with Crippen LogP contribution in [0.3, 0.4) is 0 Å². The third-order valence-electron chi connectivity index (χ3n) is 5.33. The highest BCUT2D eigenvalue weighted by Gasteiger charge is 2.38. The summed E-state index contributed by atoms with van der Waals surface area (Å²) in [5.74, 6) is -1.82. The van der Waals surface area contributed by atoms with E-state index in [-0.39, 0.29) is 6.04 Å². The number of nitrogens with zero attached hydrogens (tertiary/aromatic N) is 4. The molecule has 5 heterocycles. The average Bonchev–Trinajstić information content (AvgIpc) is 3.51. The van der Waals surface area contributed by atoms with E-state index >= 15 is 0 Å². The van der Waals surface area contributed by atoms with Gasteiger partial charge in [-0.2, -0.15) is 13.2 Å². The van der Waals surface area contributed by atoms with E-state index < -0.39 is 12.1 Å². The molecule has 0 spiro atoms. The molecule has 186 valence electrons. The number of alkyl halides is 3. The monoisotopic (exact) mass is 571 g/mol. The Kier molecular flexibility index (Phi) is 7.24. The number of nitrogens with one attached hydrogen (secondary N) is 2. The first-order valence-corrected chi connectivity index (χ1v) is 12.2. The molecule has 0 amide bonds. The summed E-state index contributed by atoms with van der Waals surface area (Å²) < 4.78 is 32.8. The second kappa shape index (κ2) is 10.0. The van der Waals surface area contributed by atoms with Gasteiger partial charge in [-0.3, -0.25) is 4.98 Å². The molecule has 1 aliphatic heterocycles. The molecule has 35 heavy (non-hydrogen) atoms. The van der Waals surface area contributed by atoms with E-state index in [9.17, 15) is 13.2 Å². The Balaban J connectivity index is 0.000000364. The van der Waals surface area contributed by atoms with Crippen LogP contribution in [0.1, 0.15) is 19.0 Å². The number of nitrogens with two attached hydrogens (primary N) is 1. The lowest BCUT2D eigenvalue weighted by molar-refractivity contribution is -0.192. The fourth-order valence-corrected chi connectivity index (χ4v) is 5.15. The minimum Gasteiger partial charge on any atom is -0.475 e. The normalized spacial score (nSPS) is 16.1. The van der Waals surface area contributed by atoms with Crippen molar-refractivity contribution in [2.45, 2.75) is 42.0 Å². The van der Waals surface area contributed by atoms with Gasteiger partial charge in [-0.15, -0.1) is 0 Å². The average molecular weight is 572 g/mol. The Morgan fingerprint density at radius 3 is 2.77 bits per heavy atom. The molecular weight excluding hydrogens is 551 g/mol. The number of carboxylic acid groups (broad SMARTS) is 1. The van der Waals surface area contributed by atoms with E-state index in [2.05, 4.69) is 48.8 Å². The van der Waals surface area contributed by atoms with Crippen LogP contribution in [0.15, 0.2) is 39.1 Å². The predicted molar refractivity (Wildman–Crippen MR) is 130 cm³/mol. The maximum absolute atomic E-state index is 10.6. The third kappa shape index (κ3) is 5.54. The number of aromatic amines is 2. The zero-order valence-electron chi connectivity index (χ0n) is 18.4. The second-order valence-electron chi connectivity index (χ2n) is 7.81. The Morgan fingerprint density at radius 1 is 1.40 bits per heavy atom. The van der Waals surface area contributed by atoms with Gasteiger partial charge < -0.3 is 25.7 Å². The number of aromatic nitrogens is 5. The number of carbonyl (C=O) groups is 1. The van der Waals surface area contributed by atoms with E-state index in [4.69, 9.17) is 25.6 Å². The van der Waals surface area contributed by atoms with Crippen LogP contribution in [0.5, 0.6) is 0 Å². The van der Waals surface area contributed by atoms with Crippen LogP contribution in [0.2, 0.25) is 0 Å². The molecule has 5 N–H and O–H groups in total. The van der Waals surface area contributed by atoms with Crippen molar-refractivity contribution in [3.8, 4) is 0 Å². The number of carboxylic acids is 1. The van der Waals surface area contributed by atoms with E-state index in [0.717, 1.165) is 68.9 Å². The van der Waals surface area contributed by atoms with Gasteiger partial charge in [0.1, 0.15) is 11.5 Å². The van der Waals surface area contributed by atoms with Gasteiger partial charge in [-0.25, -0.2) is 14.8 Å². The minimum atomic E-state index is -5.08. The lowest BCUT2D eigenvalue weighted by Gasteiger charge is -2.18. The van der Waals surface area contributed by atoms with E-state index in [1.54, 1.807) is 0 Å². The summed E-state index contributed by atoms with van der Waals surface area (Å²) in [5, 5.41) is 8.86. The number of hydrogen-bond donors (Lipinski definition) is 4. The van der Waals surface area contributed by atoms with Crippen LogP contribution in [0, 0.1) is 0 Å². The number of aryl methyl sites for hydroxylation is 1. The van der Waals surface area contributed by atoms with Gasteiger partial charge in [-0.1, -0.05) is 6.92 Å². The van der Waals surface area contributed by atoms with Crippen molar-refractivity contribution in [1.82, 2.24) is 24.9 Å². The molecule has 1 fully saturated rings. The maximum Gasteiger partial charge on any atom is 0.490 e. The Labute approximate surface area is 209 Å². The van der Waals surface area contributed by atoms with Crippen molar-refractivity contribution < 1.29 is 23.1 Å². The van der Waals surface area contributed by atoms with Gasteiger partial charge in [-0.05, 0) is 52.7 Å². The van der Waals surface area contributed by atoms with Gasteiger partial charge in [0.25, 0.3) is 0 Å². The SMILES string of the molecule is CCc1[nH]c2nc(Sc3cnc4cc[nH]c4c3)nc(N3CCC(N)C3)c2c1Br.O=C(O)C(F)(F)F. The molecule has 1 aliphatic rings. The summed E-state index contributed by atoms with van der Waals surface area (Å²) in [7, 11) is 0. The van der Waals surface area contributed by atoms with Crippen molar-refractivity contribution in [3.63, 3.8) is 0 Å². The zero-order chi connectivity index (χ0) is 25.3. The third-order valence-corrected chi connectivity index (χ3v) is 7.03. The van der Waals surface area contributed by atoms with E-state index in [0.29, 0.717) is 5.16 Å². The van der Waals surface area contributed by atoms with Crippen molar-refractivity contribution >= 4 is 61.5 Å². The first kappa shape index (κ1) is 25.3. The number of pyridine rings is 1. The van der Waals surface area contributed by atoms with Crippen molar-refractivity contribution in [1.29, 1.82) is 0 Å². The van der Waals surface area contributed by atoms with Gasteiger partial charge in [0.05, 0.1) is 20.9 Å². The molecule has 1 unspecified atom stereocenters. The Morgan fingerprint density at radius 2 is 2.14 bits per heavy atom. The Bertz CT molecular complexity index is 1370. The van der Waals surface area contributed by atoms with Crippen LogP contribution in [0.4, 0.5) is 19.0 Å². The molecule has 0 bridgehead atoms. The summed E-state index contributed by atoms with van der Waals surface area (Å²) in [4.78, 5) is 33.0. The second-order valence-corrected chi connectivity index (χ2v) is 9.64. The number of rotatable bonds is 4. The summed E-state index contributed by atoms with van der Waals surface area (Å²) in [6, 6.07) is 4.22. The van der Waals surface area contributed by atoms with Crippen LogP contribution in [-0.2, 0) is 11.2 Å². The molecule has 0 aromatic carbocycles. The standard InChI is InChI=1S/C19H20BrN7S.C2HF3O2/c1-2-12-16(20)15-17(24-12)25-19(26-18(15)27-6-4-10(21)9-27)28-11-7-14-13(23-8-11)3-5-22-14;3-2(4,5)1(6)7/h3,5,7-8,10,22H,2,4,6,9,21H2,1H3,(H,24,25,26);(H,6,7). The van der Waals surface area contributed by atoms with E-state index in [1.165, 1.54) is 11.8 Å². The molecule has 1 saturated heterocycles. The minimum absolute atomic E-state index is 0.184. The number of aliphatic carboxylic acids is 1. The highest BCUT2D eigenvalue weighted by atomic mass is 79.9. The molecule has 0 radical (unpaired) electrons. The topological polar surface area (TPSA) is 137 Å². The van der Waals surface area contributed by atoms with Crippen molar-refractivity contribution in [2.75, 3.05) is 18.0 Å². The number of halogens is 4. The van der Waals surface area contributed by atoms with Gasteiger partial charge in [0.2, 0.25) is 0 Å². The number of H-pyrrole nitrogens is 2. The molecule has 4 aromatic rings. The quantitative estimate of drug-likeness (QED) is 0.263. The molecule has 9 nitrogen and oxygen atoms in total. The zero-order valence-corrected chi connectivity index (χ0v) is 20.8. The lowest BCUT2D eigenvalue weighted by atomic mass is 10.3. The summed E-state index contributed by atoms with van der Waals surface area (Å²) >= 11 is 5.27. The van der Waals surface area contributed by atoms with Gasteiger partial charge >= 0.3 is 12.1 Å². The number of fused-ring (bicyclic) bond motifs is 2. The van der Waals surface area contributed by atoms with Crippen LogP contribution < -0.4 is 10.6 Å². The summed E-state index contributed by atoms with van der Waals surface area (Å²) in [6.45, 7) is 3.85. The Hall–Kier alpha value is -2.84. The smallest absolute Gasteiger partial charge is 0.475 e. The first-order chi connectivity index (χ1) is 16.6. The number of hydrogen-bond acceptors (Lipinski definition) is 7. The summed E-state index contributed by atoms with van der Waals surface area (Å²) in [6.07, 6.45) is 0.546. The molecule has 1 atom stereocenters. The molecule has 4 aromatic heterocycles. The van der Waals surface area contributed by atoms with E-state index in [1.807, 2.05) is 18.5 Å². The fraction of sp³-hybridized carbons (Fsp3) is 0.333. The van der Waals surface area contributed by atoms with Gasteiger partial charge in [0, 0.05) is 42.1 Å². The maximum atomic E-state index is 10.6. The highest BCUT2D eigenvalue weighted by molar-refractivity contribution is 9.10. The van der Waals surface area contributed by atoms with Crippen molar-refractivity contribution in [3.05, 3.63) is 34.7 Å². The highest BCUT2D eigenvalue weighted by Crippen LogP contribution is 2.37. The number of anilines is 1. The van der Waals surface area contributed by atoms with Crippen LogP contribution in [-0.4, -0.2) is 61.3 Å². The summed E-state index contributed by atoms with van der Waals surface area (Å²) in [5.41, 5.74) is 10.1. The molecule has 5 rings (SSSR count). The van der Waals surface area contributed by atoms with Crippen LogP contribution in [0.25, 0.3) is 22.1 Å². The van der Waals surface area contributed by atoms with Crippen LogP contribution >= 0.6 is 27.7 Å². The fourth-order valence-electron chi connectivity index (χ4n) is 3.64. The first-order valence-electron chi connectivity index (χ1n) is 10.6.